The third-order valence-corrected chi connectivity index (χ3v) is 1.04. The average Bonchev–Trinajstić information content (AvgIpc) is 2.11. The monoisotopic (exact) mass is 144 g/mol. The Kier molecular flexibility index (Phi) is 1.42. The van der Waals surface area contributed by atoms with Gasteiger partial charge in [-0.2, -0.15) is 4.80 Å². The van der Waals surface area contributed by atoms with Gasteiger partial charge in [-0.25, -0.2) is 4.39 Å². The maximum Gasteiger partial charge on any atom is 0.211 e. The van der Waals surface area contributed by atoms with E-state index in [0.29, 0.717) is 0 Å². The molecule has 0 N–H and O–H groups in total. The second-order valence-electron chi connectivity index (χ2n) is 2.57. The lowest BCUT2D eigenvalue weighted by Gasteiger charge is -2.05. The summed E-state index contributed by atoms with van der Waals surface area (Å²) in [6.45, 7) is 2.79. The minimum Gasteiger partial charge on any atom is -0.236 e. The second kappa shape index (κ2) is 2.00. The van der Waals surface area contributed by atoms with Crippen LogP contribution in [-0.4, -0.2) is 20.2 Å². The normalized spacial score (nSPS) is 12.0. The number of rotatable bonds is 1. The minimum atomic E-state index is -1.49. The first-order valence-electron chi connectivity index (χ1n) is 2.93. The van der Waals surface area contributed by atoms with Crippen LogP contribution in [0.15, 0.2) is 0 Å². The van der Waals surface area contributed by atoms with Crippen LogP contribution >= 0.6 is 0 Å². The maximum atomic E-state index is 13.0. The van der Waals surface area contributed by atoms with Crippen LogP contribution in [0.25, 0.3) is 0 Å². The quantitative estimate of drug-likeness (QED) is 0.573. The minimum absolute atomic E-state index is 0.120. The lowest BCUT2D eigenvalue weighted by Crippen LogP contribution is -2.11. The van der Waals surface area contributed by atoms with E-state index in [4.69, 9.17) is 0 Å². The molecule has 0 bridgehead atoms. The highest BCUT2D eigenvalue weighted by atomic mass is 19.1. The van der Waals surface area contributed by atoms with Crippen molar-refractivity contribution in [2.45, 2.75) is 19.5 Å². The van der Waals surface area contributed by atoms with Gasteiger partial charge in [-0.1, -0.05) is 0 Å². The summed E-state index contributed by atoms with van der Waals surface area (Å²) in [4.78, 5) is 1.23. The Morgan fingerprint density at radius 2 is 2.10 bits per heavy atom. The molecule has 0 spiro atoms. The fraction of sp³-hybridized carbons (Fsp3) is 0.800. The molecule has 0 aliphatic heterocycles. The van der Waals surface area contributed by atoms with Crippen LogP contribution in [0.4, 0.5) is 4.39 Å². The Morgan fingerprint density at radius 3 is 2.30 bits per heavy atom. The molecular formula is C5H9FN4. The summed E-state index contributed by atoms with van der Waals surface area (Å²) in [6.07, 6.45) is 0. The van der Waals surface area contributed by atoms with Gasteiger partial charge in [-0.15, -0.1) is 10.2 Å². The van der Waals surface area contributed by atoms with Gasteiger partial charge in [-0.05, 0) is 19.1 Å². The van der Waals surface area contributed by atoms with E-state index in [0.717, 1.165) is 0 Å². The molecule has 0 aromatic carbocycles. The highest BCUT2D eigenvalue weighted by Crippen LogP contribution is 2.18. The molecule has 0 saturated carbocycles. The topological polar surface area (TPSA) is 43.6 Å². The highest BCUT2D eigenvalue weighted by molar-refractivity contribution is 4.91. The van der Waals surface area contributed by atoms with Crippen molar-refractivity contribution in [3.63, 3.8) is 0 Å². The molecule has 56 valence electrons. The largest absolute Gasteiger partial charge is 0.236 e. The Hall–Kier alpha value is -1.00. The second-order valence-corrected chi connectivity index (χ2v) is 2.57. The van der Waals surface area contributed by atoms with Gasteiger partial charge in [0.2, 0.25) is 5.82 Å². The molecule has 0 radical (unpaired) electrons. The van der Waals surface area contributed by atoms with Crippen molar-refractivity contribution < 1.29 is 4.39 Å². The number of halogens is 1. The standard InChI is InChI=1S/C5H9FN4/c1-5(2,6)4-7-9-10(3)8-4/h1-3H3. The summed E-state index contributed by atoms with van der Waals surface area (Å²) in [6, 6.07) is 0. The number of hydrogen-bond donors (Lipinski definition) is 0. The molecule has 1 rings (SSSR count). The molecule has 1 heterocycles. The molecule has 0 unspecified atom stereocenters. The van der Waals surface area contributed by atoms with Crippen LogP contribution < -0.4 is 0 Å². The first-order valence-corrected chi connectivity index (χ1v) is 2.93. The van der Waals surface area contributed by atoms with Crippen molar-refractivity contribution in [2.24, 2.45) is 7.05 Å². The highest BCUT2D eigenvalue weighted by Gasteiger charge is 2.24. The summed E-state index contributed by atoms with van der Waals surface area (Å²) in [7, 11) is 1.60. The number of aryl methyl sites for hydroxylation is 1. The molecule has 0 atom stereocenters. The Morgan fingerprint density at radius 1 is 1.50 bits per heavy atom. The molecule has 1 aromatic rings. The van der Waals surface area contributed by atoms with E-state index in [-0.39, 0.29) is 5.82 Å². The van der Waals surface area contributed by atoms with Crippen molar-refractivity contribution in [2.75, 3.05) is 0 Å². The summed E-state index contributed by atoms with van der Waals surface area (Å²) < 4.78 is 13.0. The summed E-state index contributed by atoms with van der Waals surface area (Å²) in [5, 5.41) is 10.7. The summed E-state index contributed by atoms with van der Waals surface area (Å²) in [5.74, 6) is 0.120. The molecule has 4 nitrogen and oxygen atoms in total. The lowest BCUT2D eigenvalue weighted by molar-refractivity contribution is 0.206. The molecule has 10 heavy (non-hydrogen) atoms. The average molecular weight is 144 g/mol. The number of hydrogen-bond acceptors (Lipinski definition) is 3. The molecule has 0 fully saturated rings. The van der Waals surface area contributed by atoms with Gasteiger partial charge in [-0.3, -0.25) is 0 Å². The molecule has 5 heteroatoms. The Labute approximate surface area is 58.0 Å². The molecule has 0 aliphatic carbocycles. The van der Waals surface area contributed by atoms with Gasteiger partial charge in [0.1, 0.15) is 0 Å². The summed E-state index contributed by atoms with van der Waals surface area (Å²) >= 11 is 0. The van der Waals surface area contributed by atoms with E-state index >= 15 is 0 Å². The van der Waals surface area contributed by atoms with E-state index in [1.165, 1.54) is 18.6 Å². The van der Waals surface area contributed by atoms with Gasteiger partial charge >= 0.3 is 0 Å². The molecular weight excluding hydrogens is 135 g/mol. The van der Waals surface area contributed by atoms with Crippen molar-refractivity contribution in [1.82, 2.24) is 20.2 Å². The number of alkyl halides is 1. The van der Waals surface area contributed by atoms with E-state index in [1.807, 2.05) is 0 Å². The predicted molar refractivity (Wildman–Crippen MR) is 32.9 cm³/mol. The fourth-order valence-electron chi connectivity index (χ4n) is 0.522. The molecule has 1 aromatic heterocycles. The van der Waals surface area contributed by atoms with Crippen LogP contribution in [0.2, 0.25) is 0 Å². The van der Waals surface area contributed by atoms with Gasteiger partial charge in [0, 0.05) is 0 Å². The van der Waals surface area contributed by atoms with Crippen LogP contribution in [-0.2, 0) is 12.7 Å². The van der Waals surface area contributed by atoms with Gasteiger partial charge in [0.15, 0.2) is 5.67 Å². The zero-order valence-corrected chi connectivity index (χ0v) is 6.17. The van der Waals surface area contributed by atoms with Crippen molar-refractivity contribution in [3.8, 4) is 0 Å². The van der Waals surface area contributed by atoms with E-state index in [2.05, 4.69) is 15.4 Å². The first-order chi connectivity index (χ1) is 4.50. The smallest absolute Gasteiger partial charge is 0.211 e. The van der Waals surface area contributed by atoms with E-state index in [9.17, 15) is 4.39 Å². The number of nitrogens with zero attached hydrogens (tertiary/aromatic N) is 4. The van der Waals surface area contributed by atoms with Crippen molar-refractivity contribution >= 4 is 0 Å². The van der Waals surface area contributed by atoms with Crippen LogP contribution in [0.5, 0.6) is 0 Å². The lowest BCUT2D eigenvalue weighted by atomic mass is 10.2. The third-order valence-electron chi connectivity index (χ3n) is 1.04. The van der Waals surface area contributed by atoms with E-state index < -0.39 is 5.67 Å². The van der Waals surface area contributed by atoms with Gasteiger partial charge in [0.25, 0.3) is 0 Å². The molecule has 0 aliphatic rings. The fourth-order valence-corrected chi connectivity index (χ4v) is 0.522. The van der Waals surface area contributed by atoms with Crippen LogP contribution in [0.3, 0.4) is 0 Å². The molecule has 0 saturated heterocycles. The van der Waals surface area contributed by atoms with E-state index in [1.54, 1.807) is 7.05 Å². The zero-order valence-electron chi connectivity index (χ0n) is 6.17. The molecule has 0 amide bonds. The predicted octanol–water partition coefficient (Wildman–Crippen LogP) is 0.415. The summed E-state index contributed by atoms with van der Waals surface area (Å²) in [5.41, 5.74) is -1.49. The Bertz CT molecular complexity index is 224. The Balaban J connectivity index is 2.96. The van der Waals surface area contributed by atoms with Gasteiger partial charge < -0.3 is 0 Å². The van der Waals surface area contributed by atoms with Crippen molar-refractivity contribution in [3.05, 3.63) is 5.82 Å². The van der Waals surface area contributed by atoms with Crippen molar-refractivity contribution in [1.29, 1.82) is 0 Å². The zero-order chi connectivity index (χ0) is 7.78. The maximum absolute atomic E-state index is 13.0. The number of tetrazole rings is 1. The van der Waals surface area contributed by atoms with Gasteiger partial charge in [0.05, 0.1) is 7.05 Å². The number of aromatic nitrogens is 4. The SMILES string of the molecule is Cn1nnc(C(C)(C)F)n1. The van der Waals surface area contributed by atoms with Crippen LogP contribution in [0, 0.1) is 0 Å². The third kappa shape index (κ3) is 1.29. The van der Waals surface area contributed by atoms with Crippen LogP contribution in [0.1, 0.15) is 19.7 Å². The first kappa shape index (κ1) is 7.11.